The average molecular weight is 437 g/mol. The number of nitrogens with zero attached hydrogens (tertiary/aromatic N) is 3. The van der Waals surface area contributed by atoms with Crippen LogP contribution in [-0.4, -0.2) is 46.9 Å². The molecule has 1 aliphatic heterocycles. The molecule has 11 heteroatoms. The molecular formula is C18H20N4O5S2. The molecule has 1 aromatic carbocycles. The minimum absolute atomic E-state index is 0.112. The zero-order valence-corrected chi connectivity index (χ0v) is 17.3. The first-order chi connectivity index (χ1) is 13.8. The van der Waals surface area contributed by atoms with E-state index >= 15 is 0 Å². The number of amides is 1. The van der Waals surface area contributed by atoms with E-state index in [0.717, 1.165) is 12.8 Å². The highest BCUT2D eigenvalue weighted by Gasteiger charge is 2.27. The molecule has 1 N–H and O–H groups in total. The third-order valence-electron chi connectivity index (χ3n) is 4.40. The second-order valence-electron chi connectivity index (χ2n) is 6.50. The Morgan fingerprint density at radius 2 is 2.00 bits per heavy atom. The molecule has 0 saturated carbocycles. The van der Waals surface area contributed by atoms with Crippen molar-refractivity contribution in [2.45, 2.75) is 34.9 Å². The van der Waals surface area contributed by atoms with Crippen molar-refractivity contribution in [3.8, 4) is 0 Å². The van der Waals surface area contributed by atoms with Crippen LogP contribution < -0.4 is 5.32 Å². The molecule has 1 aliphatic rings. The van der Waals surface area contributed by atoms with Gasteiger partial charge in [0.15, 0.2) is 0 Å². The quantitative estimate of drug-likeness (QED) is 0.402. The molecule has 29 heavy (non-hydrogen) atoms. The highest BCUT2D eigenvalue weighted by molar-refractivity contribution is 8.00. The Morgan fingerprint density at radius 1 is 1.28 bits per heavy atom. The van der Waals surface area contributed by atoms with Gasteiger partial charge in [-0.1, -0.05) is 17.8 Å². The van der Waals surface area contributed by atoms with E-state index in [4.69, 9.17) is 0 Å². The summed E-state index contributed by atoms with van der Waals surface area (Å²) in [6.07, 6.45) is 3.02. The highest BCUT2D eigenvalue weighted by atomic mass is 32.2. The zero-order chi connectivity index (χ0) is 21.0. The Labute approximate surface area is 172 Å². The van der Waals surface area contributed by atoms with Crippen LogP contribution in [0.25, 0.3) is 0 Å². The van der Waals surface area contributed by atoms with Crippen LogP contribution in [0.2, 0.25) is 0 Å². The van der Waals surface area contributed by atoms with Gasteiger partial charge in [-0.15, -0.1) is 0 Å². The Bertz CT molecular complexity index is 1010. The molecule has 154 valence electrons. The molecule has 0 spiro atoms. The van der Waals surface area contributed by atoms with Gasteiger partial charge in [0.25, 0.3) is 5.69 Å². The van der Waals surface area contributed by atoms with Crippen molar-refractivity contribution in [2.75, 3.05) is 18.4 Å². The monoisotopic (exact) mass is 436 g/mol. The van der Waals surface area contributed by atoms with Gasteiger partial charge in [0, 0.05) is 37.1 Å². The maximum Gasteiger partial charge on any atom is 0.271 e. The Balaban J connectivity index is 1.63. The van der Waals surface area contributed by atoms with Crippen molar-refractivity contribution in [1.29, 1.82) is 0 Å². The summed E-state index contributed by atoms with van der Waals surface area (Å²) in [4.78, 5) is 27.0. The molecule has 0 bridgehead atoms. The number of anilines is 1. The van der Waals surface area contributed by atoms with Gasteiger partial charge in [-0.3, -0.25) is 14.9 Å². The number of nitro groups is 1. The molecular weight excluding hydrogens is 416 g/mol. The fraction of sp³-hybridized carbons (Fsp3) is 0.333. The number of rotatable bonds is 7. The first kappa shape index (κ1) is 21.2. The minimum Gasteiger partial charge on any atom is -0.325 e. The molecule has 0 aliphatic carbocycles. The highest BCUT2D eigenvalue weighted by Crippen LogP contribution is 2.26. The molecule has 1 fully saturated rings. The predicted octanol–water partition coefficient (Wildman–Crippen LogP) is 2.89. The van der Waals surface area contributed by atoms with Gasteiger partial charge in [-0.05, 0) is 38.0 Å². The van der Waals surface area contributed by atoms with Crippen LogP contribution in [0.1, 0.15) is 19.8 Å². The molecule has 2 aromatic rings. The number of aromatic nitrogens is 1. The van der Waals surface area contributed by atoms with Gasteiger partial charge < -0.3 is 5.32 Å². The second kappa shape index (κ2) is 8.89. The lowest BCUT2D eigenvalue weighted by molar-refractivity contribution is -0.384. The summed E-state index contributed by atoms with van der Waals surface area (Å²) in [6, 6.07) is 8.76. The minimum atomic E-state index is -3.52. The van der Waals surface area contributed by atoms with Crippen LogP contribution in [0.4, 0.5) is 11.4 Å². The smallest absolute Gasteiger partial charge is 0.271 e. The average Bonchev–Trinajstić information content (AvgIpc) is 3.24. The van der Waals surface area contributed by atoms with Crippen molar-refractivity contribution in [3.05, 3.63) is 52.7 Å². The molecule has 1 saturated heterocycles. The number of non-ortho nitro benzene ring substituents is 1. The standard InChI is InChI=1S/C18H20N4O5S2/c1-13(18(23)20-14-5-4-6-15(11-14)22(24)25)28-17-8-7-16(12-19-17)29(26,27)21-9-2-3-10-21/h4-8,11-13H,2-3,9-10H2,1H3,(H,20,23). The summed E-state index contributed by atoms with van der Waals surface area (Å²) >= 11 is 1.17. The molecule has 3 rings (SSSR count). The maximum absolute atomic E-state index is 12.5. The Morgan fingerprint density at radius 3 is 2.62 bits per heavy atom. The van der Waals surface area contributed by atoms with Crippen LogP contribution in [0.5, 0.6) is 0 Å². The first-order valence-corrected chi connectivity index (χ1v) is 11.3. The predicted molar refractivity (Wildman–Crippen MR) is 109 cm³/mol. The van der Waals surface area contributed by atoms with E-state index in [2.05, 4.69) is 10.3 Å². The number of hydrogen-bond donors (Lipinski definition) is 1. The normalized spacial score (nSPS) is 15.8. The lowest BCUT2D eigenvalue weighted by atomic mass is 10.2. The fourth-order valence-electron chi connectivity index (χ4n) is 2.84. The van der Waals surface area contributed by atoms with Crippen LogP contribution >= 0.6 is 11.8 Å². The SMILES string of the molecule is CC(Sc1ccc(S(=O)(=O)N2CCCC2)cn1)C(=O)Nc1cccc([N+](=O)[O-])c1. The molecule has 1 aromatic heterocycles. The number of hydrogen-bond acceptors (Lipinski definition) is 7. The van der Waals surface area contributed by atoms with Gasteiger partial charge in [0.1, 0.15) is 4.90 Å². The Kier molecular flexibility index (Phi) is 6.50. The van der Waals surface area contributed by atoms with Crippen LogP contribution in [0.3, 0.4) is 0 Å². The molecule has 1 amide bonds. The van der Waals surface area contributed by atoms with Crippen molar-refractivity contribution in [3.63, 3.8) is 0 Å². The van der Waals surface area contributed by atoms with Gasteiger partial charge in [0.05, 0.1) is 15.2 Å². The van der Waals surface area contributed by atoms with Crippen molar-refractivity contribution in [1.82, 2.24) is 9.29 Å². The number of pyridine rings is 1. The molecule has 1 unspecified atom stereocenters. The number of sulfonamides is 1. The van der Waals surface area contributed by atoms with E-state index in [0.29, 0.717) is 23.8 Å². The number of carbonyl (C=O) groups is 1. The summed E-state index contributed by atoms with van der Waals surface area (Å²) in [5, 5.41) is 13.4. The lowest BCUT2D eigenvalue weighted by Gasteiger charge is -2.15. The van der Waals surface area contributed by atoms with E-state index < -0.39 is 20.2 Å². The van der Waals surface area contributed by atoms with Crippen LogP contribution in [0.15, 0.2) is 52.5 Å². The van der Waals surface area contributed by atoms with E-state index in [1.165, 1.54) is 46.5 Å². The molecule has 0 radical (unpaired) electrons. The van der Waals surface area contributed by atoms with Crippen LogP contribution in [-0.2, 0) is 14.8 Å². The molecule has 2 heterocycles. The van der Waals surface area contributed by atoms with Crippen molar-refractivity contribution >= 4 is 39.1 Å². The van der Waals surface area contributed by atoms with E-state index in [-0.39, 0.29) is 16.5 Å². The molecule has 9 nitrogen and oxygen atoms in total. The first-order valence-electron chi connectivity index (χ1n) is 8.95. The summed E-state index contributed by atoms with van der Waals surface area (Å²) in [5.41, 5.74) is 0.219. The summed E-state index contributed by atoms with van der Waals surface area (Å²) in [6.45, 7) is 2.72. The lowest BCUT2D eigenvalue weighted by Crippen LogP contribution is -2.28. The van der Waals surface area contributed by atoms with Gasteiger partial charge >= 0.3 is 0 Å². The van der Waals surface area contributed by atoms with E-state index in [1.807, 2.05) is 0 Å². The number of nitrogens with one attached hydrogen (secondary N) is 1. The van der Waals surface area contributed by atoms with Gasteiger partial charge in [-0.25, -0.2) is 13.4 Å². The second-order valence-corrected chi connectivity index (χ2v) is 9.80. The summed E-state index contributed by atoms with van der Waals surface area (Å²) < 4.78 is 26.5. The number of nitro benzene ring substituents is 1. The summed E-state index contributed by atoms with van der Waals surface area (Å²) in [5.74, 6) is -0.342. The largest absolute Gasteiger partial charge is 0.325 e. The van der Waals surface area contributed by atoms with Gasteiger partial charge in [0.2, 0.25) is 15.9 Å². The zero-order valence-electron chi connectivity index (χ0n) is 15.6. The topological polar surface area (TPSA) is 123 Å². The molecule has 1 atom stereocenters. The van der Waals surface area contributed by atoms with Crippen molar-refractivity contribution in [2.24, 2.45) is 0 Å². The number of benzene rings is 1. The fourth-order valence-corrected chi connectivity index (χ4v) is 5.09. The van der Waals surface area contributed by atoms with E-state index in [9.17, 15) is 23.3 Å². The Hall–Kier alpha value is -2.50. The third-order valence-corrected chi connectivity index (χ3v) is 7.34. The number of carbonyl (C=O) groups excluding carboxylic acids is 1. The van der Waals surface area contributed by atoms with Gasteiger partial charge in [-0.2, -0.15) is 4.31 Å². The maximum atomic E-state index is 12.5. The summed E-state index contributed by atoms with van der Waals surface area (Å²) in [7, 11) is -3.52. The third kappa shape index (κ3) is 5.11. The van der Waals surface area contributed by atoms with Crippen LogP contribution in [0, 0.1) is 10.1 Å². The number of thioether (sulfide) groups is 1. The van der Waals surface area contributed by atoms with Crippen molar-refractivity contribution < 1.29 is 18.1 Å². The van der Waals surface area contributed by atoms with E-state index in [1.54, 1.807) is 19.1 Å².